The van der Waals surface area contributed by atoms with E-state index in [1.807, 2.05) is 36.4 Å². The van der Waals surface area contributed by atoms with Gasteiger partial charge in [0.05, 0.1) is 12.5 Å². The molecule has 1 aromatic heterocycles. The maximum atomic E-state index is 13.1. The minimum atomic E-state index is -1.15. The van der Waals surface area contributed by atoms with E-state index in [1.54, 1.807) is 18.2 Å². The van der Waals surface area contributed by atoms with Gasteiger partial charge in [0.25, 0.3) is 5.91 Å². The lowest BCUT2D eigenvalue weighted by molar-refractivity contribution is -0.134. The van der Waals surface area contributed by atoms with Crippen molar-refractivity contribution in [1.82, 2.24) is 15.2 Å². The first-order valence-corrected chi connectivity index (χ1v) is 11.9. The molecule has 0 aliphatic rings. The lowest BCUT2D eigenvalue weighted by Crippen LogP contribution is -2.52. The molecular formula is C25H33N7O4. The Morgan fingerprint density at radius 2 is 1.61 bits per heavy atom. The molecule has 0 spiro atoms. The molecule has 192 valence electrons. The average Bonchev–Trinajstić information content (AvgIpc) is 3.29. The van der Waals surface area contributed by atoms with Crippen LogP contribution in [0.4, 0.5) is 6.01 Å². The summed E-state index contributed by atoms with van der Waals surface area (Å²) in [5, 5.41) is 5.31. The Balaban J connectivity index is 1.68. The number of nitrogens with zero attached hydrogens (tertiary/aromatic N) is 2. The van der Waals surface area contributed by atoms with Crippen LogP contribution in [-0.4, -0.2) is 65.9 Å². The van der Waals surface area contributed by atoms with E-state index in [2.05, 4.69) is 15.6 Å². The van der Waals surface area contributed by atoms with Crippen molar-refractivity contribution >= 4 is 34.8 Å². The highest BCUT2D eigenvalue weighted by Crippen LogP contribution is 2.18. The van der Waals surface area contributed by atoms with E-state index in [0.29, 0.717) is 37.0 Å². The van der Waals surface area contributed by atoms with Crippen LogP contribution < -0.4 is 27.8 Å². The molecule has 11 nitrogen and oxygen atoms in total. The van der Waals surface area contributed by atoms with E-state index in [1.165, 1.54) is 4.90 Å². The number of aryl methyl sites for hydroxylation is 1. The van der Waals surface area contributed by atoms with Crippen molar-refractivity contribution in [1.29, 1.82) is 0 Å². The Labute approximate surface area is 209 Å². The molecule has 0 aliphatic heterocycles. The third-order valence-corrected chi connectivity index (χ3v) is 5.60. The fourth-order valence-corrected chi connectivity index (χ4v) is 3.70. The van der Waals surface area contributed by atoms with Crippen molar-refractivity contribution in [2.45, 2.75) is 31.3 Å². The highest BCUT2D eigenvalue weighted by molar-refractivity contribution is 5.98. The lowest BCUT2D eigenvalue weighted by Gasteiger charge is -2.24. The molecule has 0 saturated heterocycles. The number of benzene rings is 2. The van der Waals surface area contributed by atoms with E-state index in [-0.39, 0.29) is 31.4 Å². The highest BCUT2D eigenvalue weighted by Gasteiger charge is 2.27. The van der Waals surface area contributed by atoms with Gasteiger partial charge in [0.1, 0.15) is 11.6 Å². The standard InChI is InChI=1S/C25H33N7O4/c26-12-14-32(15-13-27)22(33)16-18(28)23(34)29-20(11-10-17-6-2-1-3-7-17)24(35)31-25-30-19-8-4-5-9-21(19)36-25/h1-9,18,20H,10-16,26-28H2,(H,29,34)(H,30,31,35)/t18-,20-/m0/s1. The second kappa shape index (κ2) is 13.3. The molecule has 11 heteroatoms. The fraction of sp³-hybridized carbons (Fsp3) is 0.360. The summed E-state index contributed by atoms with van der Waals surface area (Å²) >= 11 is 0. The van der Waals surface area contributed by atoms with Crippen LogP contribution in [0, 0.1) is 0 Å². The zero-order chi connectivity index (χ0) is 25.9. The van der Waals surface area contributed by atoms with Crippen LogP contribution in [0.3, 0.4) is 0 Å². The molecular weight excluding hydrogens is 462 g/mol. The number of para-hydroxylation sites is 2. The van der Waals surface area contributed by atoms with E-state index < -0.39 is 23.9 Å². The number of anilines is 1. The number of hydrogen-bond donors (Lipinski definition) is 5. The van der Waals surface area contributed by atoms with Crippen LogP contribution >= 0.6 is 0 Å². The van der Waals surface area contributed by atoms with Gasteiger partial charge in [-0.05, 0) is 30.5 Å². The van der Waals surface area contributed by atoms with Gasteiger partial charge < -0.3 is 31.8 Å². The Bertz CT molecular complexity index is 1110. The summed E-state index contributed by atoms with van der Waals surface area (Å²) < 4.78 is 5.58. The van der Waals surface area contributed by atoms with Crippen LogP contribution in [0.5, 0.6) is 0 Å². The van der Waals surface area contributed by atoms with Crippen molar-refractivity contribution < 1.29 is 18.8 Å². The SMILES string of the molecule is NCCN(CCN)C(=O)C[C@H](N)C(=O)N[C@@H](CCc1ccccc1)C(=O)Nc1nc2ccccc2o1. The molecule has 2 atom stereocenters. The quantitative estimate of drug-likeness (QED) is 0.225. The molecule has 36 heavy (non-hydrogen) atoms. The second-order valence-electron chi connectivity index (χ2n) is 8.33. The lowest BCUT2D eigenvalue weighted by atomic mass is 10.0. The minimum Gasteiger partial charge on any atom is -0.423 e. The van der Waals surface area contributed by atoms with Gasteiger partial charge >= 0.3 is 6.01 Å². The predicted octanol–water partition coefficient (Wildman–Crippen LogP) is 0.347. The third-order valence-electron chi connectivity index (χ3n) is 5.60. The molecule has 0 bridgehead atoms. The summed E-state index contributed by atoms with van der Waals surface area (Å²) in [5.41, 5.74) is 19.3. The number of aromatic nitrogens is 1. The van der Waals surface area contributed by atoms with E-state index in [0.717, 1.165) is 5.56 Å². The second-order valence-corrected chi connectivity index (χ2v) is 8.33. The molecule has 2 aromatic carbocycles. The van der Waals surface area contributed by atoms with Gasteiger partial charge in [-0.15, -0.1) is 0 Å². The Kier molecular flexibility index (Phi) is 9.92. The van der Waals surface area contributed by atoms with Gasteiger partial charge in [-0.3, -0.25) is 19.7 Å². The summed E-state index contributed by atoms with van der Waals surface area (Å²) in [6.45, 7) is 1.17. The van der Waals surface area contributed by atoms with E-state index in [4.69, 9.17) is 21.6 Å². The van der Waals surface area contributed by atoms with Crippen LogP contribution in [0.1, 0.15) is 18.4 Å². The molecule has 3 amide bonds. The Hall–Kier alpha value is -3.80. The Morgan fingerprint density at radius 3 is 2.28 bits per heavy atom. The van der Waals surface area contributed by atoms with E-state index >= 15 is 0 Å². The molecule has 0 fully saturated rings. The fourth-order valence-electron chi connectivity index (χ4n) is 3.70. The van der Waals surface area contributed by atoms with Crippen LogP contribution in [0.2, 0.25) is 0 Å². The third kappa shape index (κ3) is 7.60. The maximum absolute atomic E-state index is 13.1. The first-order chi connectivity index (χ1) is 17.4. The van der Waals surface area contributed by atoms with Gasteiger partial charge in [-0.25, -0.2) is 0 Å². The van der Waals surface area contributed by atoms with Gasteiger partial charge in [0, 0.05) is 26.2 Å². The van der Waals surface area contributed by atoms with Crippen molar-refractivity contribution in [3.63, 3.8) is 0 Å². The van der Waals surface area contributed by atoms with Gasteiger partial charge in [-0.1, -0.05) is 42.5 Å². The van der Waals surface area contributed by atoms with Gasteiger partial charge in [0.15, 0.2) is 5.58 Å². The zero-order valence-corrected chi connectivity index (χ0v) is 20.1. The summed E-state index contributed by atoms with van der Waals surface area (Å²) in [5.74, 6) is -1.45. The number of nitrogens with two attached hydrogens (primary N) is 3. The number of carbonyl (C=O) groups excluding carboxylic acids is 3. The number of amides is 3. The number of nitrogens with one attached hydrogen (secondary N) is 2. The smallest absolute Gasteiger partial charge is 0.302 e. The number of carbonyl (C=O) groups is 3. The topological polar surface area (TPSA) is 183 Å². The van der Waals surface area contributed by atoms with Gasteiger partial charge in [-0.2, -0.15) is 4.98 Å². The predicted molar refractivity (Wildman–Crippen MR) is 137 cm³/mol. The molecule has 0 aliphatic carbocycles. The van der Waals surface area contributed by atoms with Gasteiger partial charge in [0.2, 0.25) is 11.8 Å². The molecule has 8 N–H and O–H groups in total. The minimum absolute atomic E-state index is 0.0267. The molecule has 0 saturated carbocycles. The number of rotatable bonds is 13. The molecule has 1 heterocycles. The number of fused-ring (bicyclic) bond motifs is 1. The Morgan fingerprint density at radius 1 is 0.944 bits per heavy atom. The normalized spacial score (nSPS) is 12.6. The molecule has 0 radical (unpaired) electrons. The molecule has 3 rings (SSSR count). The summed E-state index contributed by atoms with van der Waals surface area (Å²) in [6, 6.07) is 14.6. The monoisotopic (exact) mass is 495 g/mol. The van der Waals surface area contributed by atoms with Crippen molar-refractivity contribution in [2.24, 2.45) is 17.2 Å². The van der Waals surface area contributed by atoms with E-state index in [9.17, 15) is 14.4 Å². The van der Waals surface area contributed by atoms with Crippen LogP contribution in [0.15, 0.2) is 59.0 Å². The summed E-state index contributed by atoms with van der Waals surface area (Å²) in [6.07, 6.45) is 0.598. The first-order valence-electron chi connectivity index (χ1n) is 11.9. The molecule has 3 aromatic rings. The summed E-state index contributed by atoms with van der Waals surface area (Å²) in [4.78, 5) is 44.2. The number of oxazole rings is 1. The average molecular weight is 496 g/mol. The number of hydrogen-bond acceptors (Lipinski definition) is 8. The summed E-state index contributed by atoms with van der Waals surface area (Å²) in [7, 11) is 0. The first kappa shape index (κ1) is 26.8. The van der Waals surface area contributed by atoms with Crippen LogP contribution in [-0.2, 0) is 20.8 Å². The van der Waals surface area contributed by atoms with Crippen molar-refractivity contribution in [3.8, 4) is 0 Å². The maximum Gasteiger partial charge on any atom is 0.302 e. The van der Waals surface area contributed by atoms with Crippen LogP contribution in [0.25, 0.3) is 11.1 Å². The van der Waals surface area contributed by atoms with Crippen molar-refractivity contribution in [2.75, 3.05) is 31.5 Å². The zero-order valence-electron chi connectivity index (χ0n) is 20.1. The van der Waals surface area contributed by atoms with Crippen molar-refractivity contribution in [3.05, 3.63) is 60.2 Å². The largest absolute Gasteiger partial charge is 0.423 e. The molecule has 0 unspecified atom stereocenters. The highest BCUT2D eigenvalue weighted by atomic mass is 16.4.